The van der Waals surface area contributed by atoms with Gasteiger partial charge in [0.1, 0.15) is 10.5 Å². The van der Waals surface area contributed by atoms with Crippen LogP contribution in [0.25, 0.3) is 20.8 Å². The molecule has 1 radical (unpaired) electrons. The number of carbonyl (C=O) groups excluding carboxylic acids is 2. The molecule has 0 fully saturated rings. The number of thiazole rings is 1. The van der Waals surface area contributed by atoms with Crippen molar-refractivity contribution in [3.8, 4) is 16.3 Å². The first-order valence-corrected chi connectivity index (χ1v) is 8.20. The number of nitrogens with zero attached hydrogens (tertiary/aromatic N) is 1. The quantitative estimate of drug-likeness (QED) is 0.289. The fourth-order valence-corrected chi connectivity index (χ4v) is 3.18. The third-order valence-corrected chi connectivity index (χ3v) is 4.38. The zero-order valence-electron chi connectivity index (χ0n) is 12.9. The number of Topliss-reactive ketones (excluding diaryl/α,β-unsaturated/α-hetero) is 1. The van der Waals surface area contributed by atoms with Gasteiger partial charge in [-0.15, -0.1) is 11.3 Å². The summed E-state index contributed by atoms with van der Waals surface area (Å²) in [4.78, 5) is 28.0. The molecule has 0 saturated heterocycles. The zero-order chi connectivity index (χ0) is 16.2. The maximum Gasteiger partial charge on any atom is 0.380 e. The molecule has 24 heavy (non-hydrogen) atoms. The van der Waals surface area contributed by atoms with Gasteiger partial charge in [-0.1, -0.05) is 43.3 Å². The first-order valence-electron chi connectivity index (χ1n) is 7.39. The smallest absolute Gasteiger partial charge is 0.380 e. The van der Waals surface area contributed by atoms with Crippen LogP contribution in [0.5, 0.6) is 5.75 Å². The number of ether oxygens (including phenoxy) is 1. The van der Waals surface area contributed by atoms with Gasteiger partial charge in [0, 0.05) is 32.1 Å². The van der Waals surface area contributed by atoms with Gasteiger partial charge < -0.3 is 4.74 Å². The van der Waals surface area contributed by atoms with Crippen LogP contribution in [0, 0.1) is 0 Å². The molecule has 6 heteroatoms. The van der Waals surface area contributed by atoms with Crippen molar-refractivity contribution in [2.75, 3.05) is 0 Å². The average Bonchev–Trinajstić information content (AvgIpc) is 3.01. The first kappa shape index (κ1) is 18.5. The Morgan fingerprint density at radius 1 is 1.08 bits per heavy atom. The van der Waals surface area contributed by atoms with Gasteiger partial charge in [-0.05, 0) is 18.6 Å². The van der Waals surface area contributed by atoms with Crippen molar-refractivity contribution in [1.29, 1.82) is 0 Å². The van der Waals surface area contributed by atoms with Crippen LogP contribution in [-0.2, 0) is 29.7 Å². The van der Waals surface area contributed by atoms with Crippen molar-refractivity contribution in [1.82, 2.24) is 4.98 Å². The molecule has 0 bridgehead atoms. The fourth-order valence-electron chi connectivity index (χ4n) is 2.20. The normalized spacial score (nSPS) is 10.2. The summed E-state index contributed by atoms with van der Waals surface area (Å²) in [5.74, 6) is -1.01. The standard InChI is InChI=1S/C18H15NO3S.Ir/c1-2-7-13(20)18(21)22-14-10-6-11-15-16(14)19-17(23-15)12-8-4-3-5-9-12;/h3-6,8-11H,2,7H2,1H3;. The molecule has 1 heterocycles. The maximum atomic E-state index is 11.8. The molecule has 2 aromatic carbocycles. The molecule has 0 spiro atoms. The zero-order valence-corrected chi connectivity index (χ0v) is 16.2. The summed E-state index contributed by atoms with van der Waals surface area (Å²) < 4.78 is 6.16. The fraction of sp³-hybridized carbons (Fsp3) is 0.167. The molecular formula is C18H15IrNO3S. The second-order valence-electron chi connectivity index (χ2n) is 5.05. The van der Waals surface area contributed by atoms with Crippen LogP contribution in [-0.4, -0.2) is 16.7 Å². The Morgan fingerprint density at radius 2 is 1.83 bits per heavy atom. The minimum atomic E-state index is -0.825. The van der Waals surface area contributed by atoms with Crippen LogP contribution in [0.4, 0.5) is 0 Å². The van der Waals surface area contributed by atoms with E-state index in [9.17, 15) is 9.59 Å². The van der Waals surface area contributed by atoms with E-state index in [1.54, 1.807) is 12.1 Å². The van der Waals surface area contributed by atoms with Crippen molar-refractivity contribution in [2.45, 2.75) is 19.8 Å². The number of fused-ring (bicyclic) bond motifs is 1. The molecule has 0 aliphatic heterocycles. The number of aromatic nitrogens is 1. The molecular weight excluding hydrogens is 502 g/mol. The van der Waals surface area contributed by atoms with Gasteiger partial charge >= 0.3 is 5.97 Å². The molecule has 0 aliphatic rings. The molecule has 0 unspecified atom stereocenters. The number of para-hydroxylation sites is 1. The van der Waals surface area contributed by atoms with E-state index in [2.05, 4.69) is 4.98 Å². The van der Waals surface area contributed by atoms with Gasteiger partial charge in [0.2, 0.25) is 5.78 Å². The van der Waals surface area contributed by atoms with Crippen LogP contribution in [0.3, 0.4) is 0 Å². The summed E-state index contributed by atoms with van der Waals surface area (Å²) in [6.07, 6.45) is 0.814. The Balaban J connectivity index is 0.00000208. The third kappa shape index (κ3) is 3.96. The first-order chi connectivity index (χ1) is 11.2. The monoisotopic (exact) mass is 518 g/mol. The summed E-state index contributed by atoms with van der Waals surface area (Å²) in [7, 11) is 0. The van der Waals surface area contributed by atoms with Crippen molar-refractivity contribution < 1.29 is 34.4 Å². The van der Waals surface area contributed by atoms with Crippen LogP contribution in [0.1, 0.15) is 19.8 Å². The number of ketones is 1. The van der Waals surface area contributed by atoms with E-state index >= 15 is 0 Å². The predicted octanol–water partition coefficient (Wildman–Crippen LogP) is 4.24. The maximum absolute atomic E-state index is 11.8. The Hall–Kier alpha value is -1.88. The van der Waals surface area contributed by atoms with Crippen molar-refractivity contribution in [3.63, 3.8) is 0 Å². The predicted molar refractivity (Wildman–Crippen MR) is 90.6 cm³/mol. The Bertz CT molecular complexity index is 861. The summed E-state index contributed by atoms with van der Waals surface area (Å²) >= 11 is 1.52. The van der Waals surface area contributed by atoms with E-state index in [-0.39, 0.29) is 26.5 Å². The summed E-state index contributed by atoms with van der Waals surface area (Å²) in [6, 6.07) is 15.2. The number of benzene rings is 2. The molecule has 0 atom stereocenters. The minimum Gasteiger partial charge on any atom is -0.418 e. The van der Waals surface area contributed by atoms with Gasteiger partial charge in [-0.3, -0.25) is 4.79 Å². The topological polar surface area (TPSA) is 56.3 Å². The van der Waals surface area contributed by atoms with Gasteiger partial charge in [0.15, 0.2) is 5.75 Å². The largest absolute Gasteiger partial charge is 0.418 e. The summed E-state index contributed by atoms with van der Waals surface area (Å²) in [5, 5.41) is 0.851. The average molecular weight is 518 g/mol. The summed E-state index contributed by atoms with van der Waals surface area (Å²) in [5.41, 5.74) is 1.61. The SMILES string of the molecule is CCCC(=O)C(=O)Oc1cccc2sc(-c3ccccc3)nc12.[Ir]. The van der Waals surface area contributed by atoms with E-state index < -0.39 is 11.8 Å². The Labute approximate surface area is 157 Å². The third-order valence-electron chi connectivity index (χ3n) is 3.31. The van der Waals surface area contributed by atoms with Crippen LogP contribution in [0.15, 0.2) is 48.5 Å². The molecule has 0 amide bonds. The van der Waals surface area contributed by atoms with Crippen molar-refractivity contribution in [2.24, 2.45) is 0 Å². The molecule has 3 aromatic rings. The number of rotatable bonds is 5. The van der Waals surface area contributed by atoms with E-state index in [1.807, 2.05) is 43.3 Å². The second-order valence-corrected chi connectivity index (χ2v) is 6.08. The molecule has 3 rings (SSSR count). The number of hydrogen-bond acceptors (Lipinski definition) is 5. The van der Waals surface area contributed by atoms with E-state index in [0.717, 1.165) is 15.3 Å². The van der Waals surface area contributed by atoms with Gasteiger partial charge in [-0.2, -0.15) is 0 Å². The Kier molecular flexibility index (Phi) is 6.37. The van der Waals surface area contributed by atoms with Crippen LogP contribution >= 0.6 is 11.3 Å². The number of hydrogen-bond donors (Lipinski definition) is 0. The summed E-state index contributed by atoms with van der Waals surface area (Å²) in [6.45, 7) is 1.85. The molecule has 4 nitrogen and oxygen atoms in total. The Morgan fingerprint density at radius 3 is 2.54 bits per heavy atom. The molecule has 0 N–H and O–H groups in total. The molecule has 125 valence electrons. The van der Waals surface area contributed by atoms with Gasteiger partial charge in [0.25, 0.3) is 0 Å². The number of carbonyl (C=O) groups is 2. The molecule has 0 saturated carbocycles. The van der Waals surface area contributed by atoms with E-state index in [0.29, 0.717) is 17.7 Å². The number of esters is 1. The second kappa shape index (κ2) is 8.29. The molecule has 1 aromatic heterocycles. The van der Waals surface area contributed by atoms with Gasteiger partial charge in [0.05, 0.1) is 4.70 Å². The van der Waals surface area contributed by atoms with E-state index in [4.69, 9.17) is 4.74 Å². The minimum absolute atomic E-state index is 0. The van der Waals surface area contributed by atoms with Gasteiger partial charge in [-0.25, -0.2) is 9.78 Å². The van der Waals surface area contributed by atoms with E-state index in [1.165, 1.54) is 11.3 Å². The van der Waals surface area contributed by atoms with Crippen LogP contribution < -0.4 is 4.74 Å². The van der Waals surface area contributed by atoms with Crippen LogP contribution in [0.2, 0.25) is 0 Å². The van der Waals surface area contributed by atoms with Crippen molar-refractivity contribution in [3.05, 3.63) is 48.5 Å². The van der Waals surface area contributed by atoms with Crippen molar-refractivity contribution >= 4 is 33.3 Å². The molecule has 0 aliphatic carbocycles.